The molecule has 68 valence electrons. The molecule has 0 amide bonds. The summed E-state index contributed by atoms with van der Waals surface area (Å²) < 4.78 is 5.73. The lowest BCUT2D eigenvalue weighted by molar-refractivity contribution is 0.281. The van der Waals surface area contributed by atoms with Crippen molar-refractivity contribution < 1.29 is 4.43 Å². The number of rotatable bonds is 4. The summed E-state index contributed by atoms with van der Waals surface area (Å²) in [6, 6.07) is 1.21. The Labute approximate surface area is 72.1 Å². The van der Waals surface area contributed by atoms with Crippen molar-refractivity contribution in [3.63, 3.8) is 0 Å². The minimum Gasteiger partial charge on any atom is -0.407 e. The zero-order valence-electron chi connectivity index (χ0n) is 8.40. The van der Waals surface area contributed by atoms with Gasteiger partial charge in [-0.05, 0) is 18.1 Å². The van der Waals surface area contributed by atoms with Gasteiger partial charge in [0.05, 0.1) is 6.73 Å². The van der Waals surface area contributed by atoms with Crippen LogP contribution in [0.1, 0.15) is 27.7 Å². The van der Waals surface area contributed by atoms with E-state index in [1.165, 1.54) is 6.04 Å². The summed E-state index contributed by atoms with van der Waals surface area (Å²) in [6.45, 7) is 9.73. The van der Waals surface area contributed by atoms with Crippen LogP contribution in [0.2, 0.25) is 11.1 Å². The predicted octanol–water partition coefficient (Wildman–Crippen LogP) is 1.72. The van der Waals surface area contributed by atoms with Crippen molar-refractivity contribution >= 4 is 9.04 Å². The highest BCUT2D eigenvalue weighted by molar-refractivity contribution is 6.55. The van der Waals surface area contributed by atoms with Crippen molar-refractivity contribution in [2.75, 3.05) is 13.8 Å². The van der Waals surface area contributed by atoms with Crippen LogP contribution in [-0.4, -0.2) is 22.8 Å². The number of hydrogen-bond acceptors (Lipinski definition) is 2. The highest BCUT2D eigenvalue weighted by Crippen LogP contribution is 2.29. The third-order valence-electron chi connectivity index (χ3n) is 1.77. The smallest absolute Gasteiger partial charge is 0.183 e. The van der Waals surface area contributed by atoms with Gasteiger partial charge in [0.1, 0.15) is 0 Å². The number of nitrogens with one attached hydrogen (secondary N) is 1. The predicted molar refractivity (Wildman–Crippen MR) is 52.4 cm³/mol. The summed E-state index contributed by atoms with van der Waals surface area (Å²) in [5, 5.41) is 3.41. The molecule has 2 nitrogen and oxygen atoms in total. The molecule has 0 heterocycles. The molecular formula is C8H21NOSi. The lowest BCUT2D eigenvalue weighted by Crippen LogP contribution is -2.31. The van der Waals surface area contributed by atoms with Gasteiger partial charge in [-0.3, -0.25) is 5.32 Å². The molecule has 0 rings (SSSR count). The van der Waals surface area contributed by atoms with E-state index in [4.69, 9.17) is 4.43 Å². The van der Waals surface area contributed by atoms with E-state index in [1.54, 1.807) is 0 Å². The van der Waals surface area contributed by atoms with Crippen LogP contribution in [0, 0.1) is 0 Å². The van der Waals surface area contributed by atoms with Crippen LogP contribution in [0.4, 0.5) is 0 Å². The normalized spacial score (nSPS) is 15.0. The van der Waals surface area contributed by atoms with Gasteiger partial charge in [-0.25, -0.2) is 0 Å². The van der Waals surface area contributed by atoms with Crippen molar-refractivity contribution in [1.82, 2.24) is 5.32 Å². The monoisotopic (exact) mass is 175 g/mol. The summed E-state index contributed by atoms with van der Waals surface area (Å²) >= 11 is 0. The molecule has 0 aromatic heterocycles. The molecule has 0 saturated carbocycles. The Morgan fingerprint density at radius 1 is 1.36 bits per heavy atom. The maximum atomic E-state index is 5.73. The minimum atomic E-state index is -0.981. The van der Waals surface area contributed by atoms with Crippen LogP contribution in [-0.2, 0) is 4.43 Å². The number of hydrogen-bond donors (Lipinski definition) is 1. The standard InChI is InChI=1S/C8H21NOSi/c1-6-11(8(2,3)4)10-7-9-5/h9,11H,6-7H2,1-5H3. The van der Waals surface area contributed by atoms with Crippen molar-refractivity contribution in [3.05, 3.63) is 0 Å². The second kappa shape index (κ2) is 4.90. The van der Waals surface area contributed by atoms with E-state index in [0.29, 0.717) is 11.8 Å². The van der Waals surface area contributed by atoms with Gasteiger partial charge in [-0.1, -0.05) is 27.7 Å². The van der Waals surface area contributed by atoms with E-state index < -0.39 is 9.04 Å². The zero-order chi connectivity index (χ0) is 8.91. The molecular weight excluding hydrogens is 154 g/mol. The summed E-state index contributed by atoms with van der Waals surface area (Å²) in [6.07, 6.45) is 0. The molecule has 0 saturated heterocycles. The average molecular weight is 175 g/mol. The molecule has 3 heteroatoms. The molecule has 0 aliphatic heterocycles. The molecule has 0 aliphatic rings. The van der Waals surface area contributed by atoms with Gasteiger partial charge in [-0.15, -0.1) is 0 Å². The lowest BCUT2D eigenvalue weighted by atomic mass is 10.3. The average Bonchev–Trinajstić information content (AvgIpc) is 1.87. The third-order valence-corrected chi connectivity index (χ3v) is 5.01. The Bertz CT molecular complexity index is 101. The highest BCUT2D eigenvalue weighted by atomic mass is 28.3. The maximum absolute atomic E-state index is 5.73. The molecule has 0 bridgehead atoms. The van der Waals surface area contributed by atoms with Crippen LogP contribution < -0.4 is 5.32 Å². The van der Waals surface area contributed by atoms with Crippen molar-refractivity contribution in [1.29, 1.82) is 0 Å². The minimum absolute atomic E-state index is 0.394. The van der Waals surface area contributed by atoms with Gasteiger partial charge in [0.2, 0.25) is 0 Å². The topological polar surface area (TPSA) is 21.3 Å². The summed E-state index contributed by atoms with van der Waals surface area (Å²) in [5.74, 6) is 0. The summed E-state index contributed by atoms with van der Waals surface area (Å²) in [7, 11) is 0.939. The molecule has 0 aliphatic carbocycles. The molecule has 0 aromatic rings. The zero-order valence-corrected chi connectivity index (χ0v) is 9.55. The molecule has 0 fully saturated rings. The lowest BCUT2D eigenvalue weighted by Gasteiger charge is -2.27. The Morgan fingerprint density at radius 3 is 2.18 bits per heavy atom. The van der Waals surface area contributed by atoms with Crippen LogP contribution in [0.5, 0.6) is 0 Å². The van der Waals surface area contributed by atoms with Crippen LogP contribution in [0.3, 0.4) is 0 Å². The van der Waals surface area contributed by atoms with E-state index in [2.05, 4.69) is 33.0 Å². The van der Waals surface area contributed by atoms with E-state index in [-0.39, 0.29) is 0 Å². The maximum Gasteiger partial charge on any atom is 0.183 e. The molecule has 0 spiro atoms. The van der Waals surface area contributed by atoms with Gasteiger partial charge >= 0.3 is 0 Å². The quantitative estimate of drug-likeness (QED) is 0.519. The second-order valence-electron chi connectivity index (χ2n) is 3.93. The van der Waals surface area contributed by atoms with Gasteiger partial charge in [0, 0.05) is 0 Å². The van der Waals surface area contributed by atoms with Crippen molar-refractivity contribution in [2.45, 2.75) is 38.8 Å². The molecule has 0 radical (unpaired) electrons. The second-order valence-corrected chi connectivity index (χ2v) is 7.79. The van der Waals surface area contributed by atoms with Crippen LogP contribution >= 0.6 is 0 Å². The first-order valence-electron chi connectivity index (χ1n) is 4.28. The van der Waals surface area contributed by atoms with E-state index >= 15 is 0 Å². The summed E-state index contributed by atoms with van der Waals surface area (Å²) in [4.78, 5) is 0. The van der Waals surface area contributed by atoms with E-state index in [1.807, 2.05) is 7.05 Å². The van der Waals surface area contributed by atoms with Gasteiger partial charge in [0.25, 0.3) is 0 Å². The van der Waals surface area contributed by atoms with Gasteiger partial charge < -0.3 is 4.43 Å². The Kier molecular flexibility index (Phi) is 4.96. The van der Waals surface area contributed by atoms with Crippen molar-refractivity contribution in [2.24, 2.45) is 0 Å². The Hall–Kier alpha value is 0.137. The largest absolute Gasteiger partial charge is 0.407 e. The van der Waals surface area contributed by atoms with E-state index in [0.717, 1.165) is 0 Å². The molecule has 1 N–H and O–H groups in total. The highest BCUT2D eigenvalue weighted by Gasteiger charge is 2.25. The van der Waals surface area contributed by atoms with Gasteiger partial charge in [0.15, 0.2) is 9.04 Å². The molecule has 0 aromatic carbocycles. The summed E-state index contributed by atoms with van der Waals surface area (Å²) in [5.41, 5.74) is 0. The Morgan fingerprint density at radius 2 is 1.91 bits per heavy atom. The van der Waals surface area contributed by atoms with Crippen molar-refractivity contribution in [3.8, 4) is 0 Å². The van der Waals surface area contributed by atoms with E-state index in [9.17, 15) is 0 Å². The van der Waals surface area contributed by atoms with Gasteiger partial charge in [-0.2, -0.15) is 0 Å². The SMILES string of the molecule is CC[SiH](OCNC)C(C)(C)C. The fraction of sp³-hybridized carbons (Fsp3) is 1.00. The first-order chi connectivity index (χ1) is 5.02. The molecule has 11 heavy (non-hydrogen) atoms. The van der Waals surface area contributed by atoms with Crippen LogP contribution in [0.15, 0.2) is 0 Å². The fourth-order valence-electron chi connectivity index (χ4n) is 1.16. The fourth-order valence-corrected chi connectivity index (χ4v) is 3.49. The Balaban J connectivity index is 3.76. The molecule has 1 unspecified atom stereocenters. The van der Waals surface area contributed by atoms with Crippen LogP contribution in [0.25, 0.3) is 0 Å². The molecule has 1 atom stereocenters. The first-order valence-corrected chi connectivity index (χ1v) is 6.15. The third kappa shape index (κ3) is 4.56. The first kappa shape index (κ1) is 11.1.